The normalized spacial score (nSPS) is 16.9. The van der Waals surface area contributed by atoms with Gasteiger partial charge in [0.1, 0.15) is 24.7 Å². The number of nitrogens with zero attached hydrogens (tertiary/aromatic N) is 2. The summed E-state index contributed by atoms with van der Waals surface area (Å²) in [4.78, 5) is 43.5. The van der Waals surface area contributed by atoms with Gasteiger partial charge in [-0.3, -0.25) is 19.3 Å². The number of benzene rings is 3. The molecule has 0 saturated carbocycles. The lowest BCUT2D eigenvalue weighted by molar-refractivity contribution is -0.163. The molecular formula is C37H47Cl2FN2O5S. The summed E-state index contributed by atoms with van der Waals surface area (Å²) in [5.74, 6) is -1.59. The minimum Gasteiger partial charge on any atom is -0.459 e. The minimum absolute atomic E-state index is 0.0138. The van der Waals surface area contributed by atoms with Crippen molar-refractivity contribution in [1.82, 2.24) is 4.90 Å². The van der Waals surface area contributed by atoms with Crippen molar-refractivity contribution >= 4 is 56.7 Å². The quantitative estimate of drug-likeness (QED) is 0.119. The Morgan fingerprint density at radius 3 is 2.23 bits per heavy atom. The Balaban J connectivity index is 0.000000789. The third-order valence-corrected chi connectivity index (χ3v) is 9.36. The second-order valence-corrected chi connectivity index (χ2v) is 19.0. The van der Waals surface area contributed by atoms with E-state index in [1.807, 2.05) is 30.3 Å². The predicted octanol–water partition coefficient (Wildman–Crippen LogP) is 8.45. The molecule has 3 aromatic rings. The Morgan fingerprint density at radius 1 is 0.979 bits per heavy atom. The van der Waals surface area contributed by atoms with E-state index in [1.165, 1.54) is 21.9 Å². The van der Waals surface area contributed by atoms with Gasteiger partial charge in [-0.2, -0.15) is 0 Å². The molecule has 1 fully saturated rings. The van der Waals surface area contributed by atoms with Gasteiger partial charge >= 0.3 is 5.97 Å². The average molecular weight is 722 g/mol. The molecule has 1 aliphatic heterocycles. The summed E-state index contributed by atoms with van der Waals surface area (Å²) in [6, 6.07) is 19.8. The molecule has 1 saturated heterocycles. The highest BCUT2D eigenvalue weighted by Gasteiger charge is 2.44. The van der Waals surface area contributed by atoms with Gasteiger partial charge in [0.25, 0.3) is 0 Å². The van der Waals surface area contributed by atoms with Crippen molar-refractivity contribution in [1.29, 1.82) is 0 Å². The van der Waals surface area contributed by atoms with Crippen LogP contribution >= 0.6 is 33.2 Å². The van der Waals surface area contributed by atoms with E-state index in [2.05, 4.69) is 18.8 Å². The third-order valence-electron chi connectivity index (χ3n) is 7.48. The Hall–Kier alpha value is -3.11. The van der Waals surface area contributed by atoms with Crippen LogP contribution in [0.2, 0.25) is 10.0 Å². The SMILES string of the molecule is Cc1ccc(F)cc1[C@@H]1C(C(=O)N(COCCS(C)(C)C)c2cccc(Cl)c2)CCC(=O)N1CC(=O)OC(C)(C)C.Clc1ccccc1. The number of amides is 2. The second-order valence-electron chi connectivity index (χ2n) is 13.6. The molecule has 0 N–H and O–H groups in total. The van der Waals surface area contributed by atoms with Crippen LogP contribution in [0.5, 0.6) is 0 Å². The standard InChI is InChI=1S/C31H42ClFN2O5S.C6H5Cl/c1-21-11-12-23(33)18-26(21)29-25(13-14-27(36)34(29)19-28(37)40-31(2,3)4)30(38)35(20-39-15-16-41(5,6)7)24-10-8-9-22(32)17-24;7-6-4-2-1-3-5-6/h8-12,17-18,25,29H,13-16,19-20H2,1-7H3;1-5H/t25?,29-;/m0./s1. The molecule has 2 amide bonds. The first-order valence-electron chi connectivity index (χ1n) is 15.7. The third kappa shape index (κ3) is 12.4. The van der Waals surface area contributed by atoms with Crippen molar-refractivity contribution in [2.45, 2.75) is 52.2 Å². The Bertz CT molecular complexity index is 1540. The van der Waals surface area contributed by atoms with Crippen LogP contribution in [0.3, 0.4) is 0 Å². The maximum absolute atomic E-state index is 14.6. The molecule has 48 heavy (non-hydrogen) atoms. The highest BCUT2D eigenvalue weighted by Crippen LogP contribution is 2.40. The summed E-state index contributed by atoms with van der Waals surface area (Å²) in [6.07, 6.45) is 6.87. The van der Waals surface area contributed by atoms with Gasteiger partial charge in [-0.15, -0.1) is 0 Å². The Morgan fingerprint density at radius 2 is 1.65 bits per heavy atom. The maximum Gasteiger partial charge on any atom is 0.326 e. The van der Waals surface area contributed by atoms with E-state index < -0.39 is 39.4 Å². The Labute approximate surface area is 296 Å². The van der Waals surface area contributed by atoms with E-state index in [9.17, 15) is 18.8 Å². The molecule has 0 bridgehead atoms. The first-order valence-corrected chi connectivity index (χ1v) is 19.5. The smallest absolute Gasteiger partial charge is 0.326 e. The van der Waals surface area contributed by atoms with E-state index in [0.717, 1.165) is 10.8 Å². The maximum atomic E-state index is 14.6. The summed E-state index contributed by atoms with van der Waals surface area (Å²) in [7, 11) is -0.799. The molecule has 3 aromatic carbocycles. The molecular weight excluding hydrogens is 674 g/mol. The highest BCUT2D eigenvalue weighted by molar-refractivity contribution is 8.32. The first kappa shape index (κ1) is 39.3. The minimum atomic E-state index is -0.882. The van der Waals surface area contributed by atoms with Crippen LogP contribution in [0.25, 0.3) is 0 Å². The van der Waals surface area contributed by atoms with Crippen molar-refractivity contribution in [2.75, 3.05) is 49.3 Å². The van der Waals surface area contributed by atoms with E-state index >= 15 is 0 Å². The molecule has 1 heterocycles. The van der Waals surface area contributed by atoms with Crippen LogP contribution in [0, 0.1) is 18.7 Å². The molecule has 262 valence electrons. The second kappa shape index (κ2) is 17.5. The van der Waals surface area contributed by atoms with E-state index in [-0.39, 0.29) is 37.9 Å². The average Bonchev–Trinajstić information content (AvgIpc) is 2.98. The van der Waals surface area contributed by atoms with Gasteiger partial charge in [0, 0.05) is 27.9 Å². The molecule has 0 aliphatic carbocycles. The zero-order valence-corrected chi connectivity index (χ0v) is 31.1. The summed E-state index contributed by atoms with van der Waals surface area (Å²) in [5, 5.41) is 1.25. The molecule has 1 aliphatic rings. The number of carbonyl (C=O) groups excluding carboxylic acids is 3. The van der Waals surface area contributed by atoms with Crippen molar-refractivity contribution in [3.63, 3.8) is 0 Å². The van der Waals surface area contributed by atoms with Gasteiger partial charge in [-0.1, -0.05) is 53.5 Å². The first-order chi connectivity index (χ1) is 22.4. The summed E-state index contributed by atoms with van der Waals surface area (Å²) < 4.78 is 26.1. The van der Waals surface area contributed by atoms with Crippen molar-refractivity contribution in [3.8, 4) is 0 Å². The number of anilines is 1. The number of likely N-dealkylation sites (tertiary alicyclic amines) is 1. The van der Waals surface area contributed by atoms with Crippen molar-refractivity contribution < 1.29 is 28.2 Å². The fraction of sp³-hybridized carbons (Fsp3) is 0.432. The fourth-order valence-electron chi connectivity index (χ4n) is 5.21. The number of ether oxygens (including phenoxy) is 2. The number of hydrogen-bond donors (Lipinski definition) is 0. The number of aryl methyl sites for hydroxylation is 1. The number of hydrogen-bond acceptors (Lipinski definition) is 5. The van der Waals surface area contributed by atoms with Gasteiger partial charge in [-0.25, -0.2) is 14.4 Å². The lowest BCUT2D eigenvalue weighted by Crippen LogP contribution is -2.51. The van der Waals surface area contributed by atoms with Gasteiger partial charge in [0.15, 0.2) is 0 Å². The number of rotatable bonds is 10. The summed E-state index contributed by atoms with van der Waals surface area (Å²) in [6.45, 7) is 7.13. The largest absolute Gasteiger partial charge is 0.459 e. The molecule has 1 unspecified atom stereocenters. The molecule has 4 rings (SSSR count). The topological polar surface area (TPSA) is 76.2 Å². The van der Waals surface area contributed by atoms with Gasteiger partial charge in [0.2, 0.25) is 11.8 Å². The molecule has 0 radical (unpaired) electrons. The van der Waals surface area contributed by atoms with Crippen molar-refractivity contribution in [3.05, 3.63) is 99.8 Å². The number of carbonyl (C=O) groups is 3. The zero-order chi connectivity index (χ0) is 35.6. The number of halogens is 3. The predicted molar refractivity (Wildman–Crippen MR) is 196 cm³/mol. The van der Waals surface area contributed by atoms with E-state index in [0.29, 0.717) is 28.4 Å². The van der Waals surface area contributed by atoms with Crippen molar-refractivity contribution in [2.24, 2.45) is 5.92 Å². The monoisotopic (exact) mass is 720 g/mol. The van der Waals surface area contributed by atoms with Gasteiger partial charge in [0.05, 0.1) is 18.6 Å². The fourth-order valence-corrected chi connectivity index (χ4v) is 6.16. The van der Waals surface area contributed by atoms with Crippen LogP contribution in [-0.4, -0.2) is 72.7 Å². The van der Waals surface area contributed by atoms with Crippen LogP contribution in [0.15, 0.2) is 72.8 Å². The zero-order valence-electron chi connectivity index (χ0n) is 28.8. The van der Waals surface area contributed by atoms with Gasteiger partial charge < -0.3 is 14.4 Å². The lowest BCUT2D eigenvalue weighted by atomic mass is 9.81. The number of piperidine rings is 1. The summed E-state index contributed by atoms with van der Waals surface area (Å²) in [5.41, 5.74) is 0.973. The molecule has 0 aromatic heterocycles. The van der Waals surface area contributed by atoms with Gasteiger partial charge in [-0.05, 0) is 106 Å². The van der Waals surface area contributed by atoms with E-state index in [1.54, 1.807) is 58.0 Å². The van der Waals surface area contributed by atoms with Crippen LogP contribution < -0.4 is 4.90 Å². The summed E-state index contributed by atoms with van der Waals surface area (Å²) >= 11 is 11.8. The highest BCUT2D eigenvalue weighted by atomic mass is 35.5. The van der Waals surface area contributed by atoms with Crippen LogP contribution in [0.1, 0.15) is 50.8 Å². The van der Waals surface area contributed by atoms with Crippen LogP contribution in [-0.2, 0) is 23.9 Å². The van der Waals surface area contributed by atoms with Crippen LogP contribution in [0.4, 0.5) is 10.1 Å². The molecule has 0 spiro atoms. The van der Waals surface area contributed by atoms with E-state index in [4.69, 9.17) is 32.7 Å². The molecule has 2 atom stereocenters. The lowest BCUT2D eigenvalue weighted by Gasteiger charge is -2.42. The molecule has 11 heteroatoms. The Kier molecular flexibility index (Phi) is 14.4. The molecule has 7 nitrogen and oxygen atoms in total. The number of esters is 1.